The second kappa shape index (κ2) is 6.43. The van der Waals surface area contributed by atoms with Crippen molar-refractivity contribution in [1.82, 2.24) is 5.32 Å². The van der Waals surface area contributed by atoms with Gasteiger partial charge in [0.1, 0.15) is 0 Å². The molecule has 0 heterocycles. The van der Waals surface area contributed by atoms with Crippen molar-refractivity contribution in [2.24, 2.45) is 5.92 Å². The average Bonchev–Trinajstić information content (AvgIpc) is 2.17. The molecule has 1 nitrogen and oxygen atoms in total. The summed E-state index contributed by atoms with van der Waals surface area (Å²) >= 11 is 0.0437. The number of allylic oxidation sites excluding steroid dienone is 2. The van der Waals surface area contributed by atoms with E-state index in [9.17, 15) is 13.2 Å². The molecule has 0 aromatic heterocycles. The molecule has 0 amide bonds. The third kappa shape index (κ3) is 6.84. The molecule has 0 radical (unpaired) electrons. The van der Waals surface area contributed by atoms with Crippen LogP contribution in [0.2, 0.25) is 0 Å². The van der Waals surface area contributed by atoms with Crippen molar-refractivity contribution < 1.29 is 13.2 Å². The Bertz CT molecular complexity index is 203. The van der Waals surface area contributed by atoms with Crippen LogP contribution in [-0.4, -0.2) is 24.4 Å². The summed E-state index contributed by atoms with van der Waals surface area (Å²) in [7, 11) is 0. The number of halogens is 3. The molecule has 0 bridgehead atoms. The number of hydrogen-bond acceptors (Lipinski definition) is 2. The molecule has 1 atom stereocenters. The van der Waals surface area contributed by atoms with Crippen LogP contribution in [0.25, 0.3) is 0 Å². The molecule has 0 fully saturated rings. The van der Waals surface area contributed by atoms with E-state index in [1.54, 1.807) is 0 Å². The maximum atomic E-state index is 11.8. The van der Waals surface area contributed by atoms with Gasteiger partial charge in [-0.1, -0.05) is 12.2 Å². The Morgan fingerprint density at radius 2 is 2.13 bits per heavy atom. The SMILES string of the molecule is FC(F)(F)SCCNCC1CC=CCC1. The maximum Gasteiger partial charge on any atom is 0.441 e. The predicted molar refractivity (Wildman–Crippen MR) is 57.9 cm³/mol. The summed E-state index contributed by atoms with van der Waals surface area (Å²) < 4.78 is 35.3. The van der Waals surface area contributed by atoms with Crippen molar-refractivity contribution in [3.63, 3.8) is 0 Å². The second-order valence-corrected chi connectivity index (χ2v) is 4.81. The Labute approximate surface area is 92.5 Å². The first-order chi connectivity index (χ1) is 7.08. The minimum Gasteiger partial charge on any atom is -0.316 e. The first kappa shape index (κ1) is 12.9. The van der Waals surface area contributed by atoms with Crippen LogP contribution in [0.1, 0.15) is 19.3 Å². The highest BCUT2D eigenvalue weighted by molar-refractivity contribution is 8.00. The molecule has 1 aliphatic rings. The summed E-state index contributed by atoms with van der Waals surface area (Å²) in [6.07, 6.45) is 7.62. The Morgan fingerprint density at radius 1 is 1.33 bits per heavy atom. The summed E-state index contributed by atoms with van der Waals surface area (Å²) in [5, 5.41) is 3.07. The van der Waals surface area contributed by atoms with Gasteiger partial charge in [-0.05, 0) is 43.5 Å². The van der Waals surface area contributed by atoms with Gasteiger partial charge in [0.15, 0.2) is 0 Å². The summed E-state index contributed by atoms with van der Waals surface area (Å²) in [4.78, 5) is 0. The van der Waals surface area contributed by atoms with Gasteiger partial charge in [-0.3, -0.25) is 0 Å². The van der Waals surface area contributed by atoms with Crippen molar-refractivity contribution >= 4 is 11.8 Å². The van der Waals surface area contributed by atoms with Gasteiger partial charge in [-0.15, -0.1) is 0 Å². The van der Waals surface area contributed by atoms with Gasteiger partial charge >= 0.3 is 5.51 Å². The second-order valence-electron chi connectivity index (χ2n) is 3.65. The minimum absolute atomic E-state index is 0.0437. The maximum absolute atomic E-state index is 11.8. The lowest BCUT2D eigenvalue weighted by molar-refractivity contribution is -0.0327. The van der Waals surface area contributed by atoms with E-state index in [1.165, 1.54) is 0 Å². The molecule has 0 saturated carbocycles. The molecular weight excluding hydrogens is 223 g/mol. The van der Waals surface area contributed by atoms with Crippen LogP contribution in [0, 0.1) is 5.92 Å². The monoisotopic (exact) mass is 239 g/mol. The molecule has 1 N–H and O–H groups in total. The standard InChI is InChI=1S/C10H16F3NS/c11-10(12,13)15-7-6-14-8-9-4-2-1-3-5-9/h1-2,9,14H,3-8H2. The highest BCUT2D eigenvalue weighted by atomic mass is 32.2. The van der Waals surface area contributed by atoms with Crippen molar-refractivity contribution in [2.45, 2.75) is 24.8 Å². The summed E-state index contributed by atoms with van der Waals surface area (Å²) in [5.41, 5.74) is -4.09. The van der Waals surface area contributed by atoms with Gasteiger partial charge < -0.3 is 5.32 Å². The van der Waals surface area contributed by atoms with E-state index >= 15 is 0 Å². The molecule has 0 spiro atoms. The number of nitrogens with one attached hydrogen (secondary N) is 1. The fraction of sp³-hybridized carbons (Fsp3) is 0.800. The number of thioether (sulfide) groups is 1. The van der Waals surface area contributed by atoms with Crippen LogP contribution in [0.5, 0.6) is 0 Å². The van der Waals surface area contributed by atoms with E-state index in [1.807, 2.05) is 0 Å². The molecule has 15 heavy (non-hydrogen) atoms. The van der Waals surface area contributed by atoms with E-state index in [2.05, 4.69) is 17.5 Å². The molecule has 1 rings (SSSR count). The van der Waals surface area contributed by atoms with Gasteiger partial charge in [0.25, 0.3) is 0 Å². The Balaban J connectivity index is 1.95. The smallest absolute Gasteiger partial charge is 0.316 e. The molecule has 0 saturated heterocycles. The first-order valence-corrected chi connectivity index (χ1v) is 6.13. The molecule has 0 aromatic carbocycles. The van der Waals surface area contributed by atoms with E-state index in [4.69, 9.17) is 0 Å². The summed E-state index contributed by atoms with van der Waals surface area (Å²) in [6.45, 7) is 1.27. The van der Waals surface area contributed by atoms with Gasteiger partial charge in [-0.25, -0.2) is 0 Å². The van der Waals surface area contributed by atoms with Crippen LogP contribution in [0.4, 0.5) is 13.2 Å². The lowest BCUT2D eigenvalue weighted by atomic mass is 9.94. The van der Waals surface area contributed by atoms with Crippen LogP contribution < -0.4 is 5.32 Å². The average molecular weight is 239 g/mol. The van der Waals surface area contributed by atoms with Crippen LogP contribution in [0.3, 0.4) is 0 Å². The van der Waals surface area contributed by atoms with Gasteiger partial charge in [0.2, 0.25) is 0 Å². The Morgan fingerprint density at radius 3 is 2.73 bits per heavy atom. The number of alkyl halides is 3. The minimum atomic E-state index is -4.09. The van der Waals surface area contributed by atoms with Gasteiger partial charge in [0, 0.05) is 12.3 Å². The van der Waals surface area contributed by atoms with Crippen molar-refractivity contribution in [3.8, 4) is 0 Å². The fourth-order valence-electron chi connectivity index (χ4n) is 1.59. The summed E-state index contributed by atoms with van der Waals surface area (Å²) in [6, 6.07) is 0. The Hall–Kier alpha value is -0.160. The largest absolute Gasteiger partial charge is 0.441 e. The molecular formula is C10H16F3NS. The van der Waals surface area contributed by atoms with Crippen LogP contribution in [-0.2, 0) is 0 Å². The topological polar surface area (TPSA) is 12.0 Å². The third-order valence-electron chi connectivity index (χ3n) is 2.36. The molecule has 5 heteroatoms. The van der Waals surface area contributed by atoms with Crippen LogP contribution in [0.15, 0.2) is 12.2 Å². The van der Waals surface area contributed by atoms with Crippen molar-refractivity contribution in [1.29, 1.82) is 0 Å². The number of hydrogen-bond donors (Lipinski definition) is 1. The highest BCUT2D eigenvalue weighted by Gasteiger charge is 2.27. The van der Waals surface area contributed by atoms with Crippen LogP contribution >= 0.6 is 11.8 Å². The zero-order valence-electron chi connectivity index (χ0n) is 8.52. The molecule has 88 valence electrons. The zero-order valence-corrected chi connectivity index (χ0v) is 9.33. The third-order valence-corrected chi connectivity index (χ3v) is 3.09. The van der Waals surface area contributed by atoms with E-state index in [0.29, 0.717) is 12.5 Å². The van der Waals surface area contributed by atoms with Crippen molar-refractivity contribution in [2.75, 3.05) is 18.8 Å². The fourth-order valence-corrected chi connectivity index (χ4v) is 2.06. The quantitative estimate of drug-likeness (QED) is 0.584. The first-order valence-electron chi connectivity index (χ1n) is 5.14. The molecule has 0 aliphatic heterocycles. The van der Waals surface area contributed by atoms with E-state index in [0.717, 1.165) is 25.8 Å². The van der Waals surface area contributed by atoms with E-state index in [-0.39, 0.29) is 17.5 Å². The zero-order chi connectivity index (χ0) is 11.1. The van der Waals surface area contributed by atoms with Gasteiger partial charge in [0.05, 0.1) is 0 Å². The van der Waals surface area contributed by atoms with Crippen molar-refractivity contribution in [3.05, 3.63) is 12.2 Å². The lowest BCUT2D eigenvalue weighted by Crippen LogP contribution is -2.26. The van der Waals surface area contributed by atoms with E-state index < -0.39 is 5.51 Å². The normalized spacial score (nSPS) is 21.9. The highest BCUT2D eigenvalue weighted by Crippen LogP contribution is 2.29. The Kier molecular flexibility index (Phi) is 5.53. The molecule has 1 unspecified atom stereocenters. The lowest BCUT2D eigenvalue weighted by Gasteiger charge is -2.18. The molecule has 0 aromatic rings. The summed E-state index contributed by atoms with van der Waals surface area (Å²) in [5.74, 6) is 0.706. The van der Waals surface area contributed by atoms with Gasteiger partial charge in [-0.2, -0.15) is 13.2 Å². The number of rotatable bonds is 5. The predicted octanol–water partition coefficient (Wildman–Crippen LogP) is 3.19. The molecule has 1 aliphatic carbocycles.